The minimum Gasteiger partial charge on any atom is -0.478 e. The fourth-order valence-electron chi connectivity index (χ4n) is 1.34. The number of anilines is 1. The zero-order valence-electron chi connectivity index (χ0n) is 9.14. The molecular formula is C10H14ClN3O2. The molecule has 2 heterocycles. The van der Waals surface area contributed by atoms with Gasteiger partial charge in [-0.25, -0.2) is 0 Å². The Labute approximate surface area is 99.8 Å². The monoisotopic (exact) mass is 243 g/mol. The first-order valence-corrected chi connectivity index (χ1v) is 4.63. The van der Waals surface area contributed by atoms with Crippen molar-refractivity contribution in [3.63, 3.8) is 0 Å². The molecule has 6 heteroatoms. The van der Waals surface area contributed by atoms with E-state index >= 15 is 0 Å². The number of aryl methyl sites for hydroxylation is 1. The van der Waals surface area contributed by atoms with Crippen LogP contribution in [0.25, 0.3) is 0 Å². The molecule has 0 atom stereocenters. The number of methoxy groups -OCH3 is 1. The summed E-state index contributed by atoms with van der Waals surface area (Å²) in [4.78, 5) is 0. The van der Waals surface area contributed by atoms with Gasteiger partial charge in [-0.3, -0.25) is 4.68 Å². The van der Waals surface area contributed by atoms with Crippen molar-refractivity contribution in [1.82, 2.24) is 9.78 Å². The molecule has 2 rings (SSSR count). The SMILES string of the molecule is COc1nn(C)cc1NCc1ccco1.Cl. The minimum atomic E-state index is 0. The Morgan fingerprint density at radius 3 is 3.00 bits per heavy atom. The molecule has 2 aromatic rings. The molecule has 0 bridgehead atoms. The number of hydrogen-bond acceptors (Lipinski definition) is 4. The first-order valence-electron chi connectivity index (χ1n) is 4.63. The second-order valence-electron chi connectivity index (χ2n) is 3.16. The van der Waals surface area contributed by atoms with Gasteiger partial charge in [0.1, 0.15) is 11.4 Å². The number of nitrogens with zero attached hydrogens (tertiary/aromatic N) is 2. The van der Waals surface area contributed by atoms with Crippen molar-refractivity contribution < 1.29 is 9.15 Å². The lowest BCUT2D eigenvalue weighted by Crippen LogP contribution is -1.98. The normalized spacial score (nSPS) is 9.62. The molecule has 0 saturated heterocycles. The molecule has 0 unspecified atom stereocenters. The van der Waals surface area contributed by atoms with Gasteiger partial charge < -0.3 is 14.5 Å². The number of halogens is 1. The van der Waals surface area contributed by atoms with Gasteiger partial charge in [0, 0.05) is 7.05 Å². The molecule has 0 spiro atoms. The first-order chi connectivity index (χ1) is 7.29. The molecule has 0 aliphatic rings. The number of hydrogen-bond donors (Lipinski definition) is 1. The summed E-state index contributed by atoms with van der Waals surface area (Å²) in [6.45, 7) is 0.620. The number of furan rings is 1. The van der Waals surface area contributed by atoms with E-state index in [1.807, 2.05) is 25.4 Å². The molecule has 16 heavy (non-hydrogen) atoms. The van der Waals surface area contributed by atoms with Gasteiger partial charge >= 0.3 is 0 Å². The molecule has 0 aliphatic heterocycles. The van der Waals surface area contributed by atoms with Crippen LogP contribution in [0.4, 0.5) is 5.69 Å². The maximum absolute atomic E-state index is 5.21. The lowest BCUT2D eigenvalue weighted by Gasteiger charge is -2.02. The Bertz CT molecular complexity index is 425. The third-order valence-electron chi connectivity index (χ3n) is 2.02. The van der Waals surface area contributed by atoms with E-state index < -0.39 is 0 Å². The second-order valence-corrected chi connectivity index (χ2v) is 3.16. The van der Waals surface area contributed by atoms with Gasteiger partial charge in [-0.1, -0.05) is 0 Å². The van der Waals surface area contributed by atoms with Gasteiger partial charge in [0.2, 0.25) is 0 Å². The summed E-state index contributed by atoms with van der Waals surface area (Å²) in [5.74, 6) is 1.46. The lowest BCUT2D eigenvalue weighted by molar-refractivity contribution is 0.393. The summed E-state index contributed by atoms with van der Waals surface area (Å²) >= 11 is 0. The lowest BCUT2D eigenvalue weighted by atomic mass is 10.4. The van der Waals surface area contributed by atoms with Crippen molar-refractivity contribution in [1.29, 1.82) is 0 Å². The summed E-state index contributed by atoms with van der Waals surface area (Å²) in [5, 5.41) is 7.32. The summed E-state index contributed by atoms with van der Waals surface area (Å²) in [7, 11) is 3.45. The van der Waals surface area contributed by atoms with Gasteiger partial charge in [-0.05, 0) is 12.1 Å². The summed E-state index contributed by atoms with van der Waals surface area (Å²) in [5.41, 5.74) is 0.858. The van der Waals surface area contributed by atoms with Crippen LogP contribution in [0, 0.1) is 0 Å². The molecular weight excluding hydrogens is 230 g/mol. The molecule has 0 saturated carbocycles. The van der Waals surface area contributed by atoms with Gasteiger partial charge in [-0.2, -0.15) is 0 Å². The highest BCUT2D eigenvalue weighted by molar-refractivity contribution is 5.85. The Hall–Kier alpha value is -1.62. The highest BCUT2D eigenvalue weighted by Crippen LogP contribution is 2.21. The molecule has 2 aromatic heterocycles. The first kappa shape index (κ1) is 12.4. The Morgan fingerprint density at radius 1 is 1.56 bits per heavy atom. The van der Waals surface area contributed by atoms with Crippen LogP contribution in [-0.4, -0.2) is 16.9 Å². The number of ether oxygens (including phenoxy) is 1. The third-order valence-corrected chi connectivity index (χ3v) is 2.02. The second kappa shape index (κ2) is 5.46. The van der Waals surface area contributed by atoms with Crippen molar-refractivity contribution in [3.8, 4) is 5.88 Å². The number of nitrogens with one attached hydrogen (secondary N) is 1. The molecule has 88 valence electrons. The number of rotatable bonds is 4. The fourth-order valence-corrected chi connectivity index (χ4v) is 1.34. The average Bonchev–Trinajstić information content (AvgIpc) is 2.83. The Balaban J connectivity index is 0.00000128. The average molecular weight is 244 g/mol. The topological polar surface area (TPSA) is 52.2 Å². The van der Waals surface area contributed by atoms with Crippen molar-refractivity contribution >= 4 is 18.1 Å². The summed E-state index contributed by atoms with van der Waals surface area (Å²) < 4.78 is 12.0. The maximum Gasteiger partial charge on any atom is 0.256 e. The van der Waals surface area contributed by atoms with E-state index in [9.17, 15) is 0 Å². The molecule has 0 aliphatic carbocycles. The standard InChI is InChI=1S/C10H13N3O2.ClH/c1-13-7-9(10(12-13)14-2)11-6-8-4-3-5-15-8;/h3-5,7,11H,6H2,1-2H3;1H. The van der Waals surface area contributed by atoms with Crippen LogP contribution in [0.3, 0.4) is 0 Å². The van der Waals surface area contributed by atoms with Gasteiger partial charge in [0.25, 0.3) is 5.88 Å². The highest BCUT2D eigenvalue weighted by Gasteiger charge is 2.07. The predicted octanol–water partition coefficient (Wildman–Crippen LogP) is 2.06. The minimum absolute atomic E-state index is 0. The van der Waals surface area contributed by atoms with Crippen LogP contribution in [0.2, 0.25) is 0 Å². The zero-order valence-corrected chi connectivity index (χ0v) is 9.95. The fraction of sp³-hybridized carbons (Fsp3) is 0.300. The predicted molar refractivity (Wildman–Crippen MR) is 63.0 cm³/mol. The van der Waals surface area contributed by atoms with E-state index in [-0.39, 0.29) is 12.4 Å². The molecule has 5 nitrogen and oxygen atoms in total. The van der Waals surface area contributed by atoms with E-state index in [0.29, 0.717) is 12.4 Å². The summed E-state index contributed by atoms with van der Waals surface area (Å²) in [6, 6.07) is 3.77. The van der Waals surface area contributed by atoms with Crippen LogP contribution >= 0.6 is 12.4 Å². The van der Waals surface area contributed by atoms with E-state index in [0.717, 1.165) is 11.4 Å². The Morgan fingerprint density at radius 2 is 2.38 bits per heavy atom. The van der Waals surface area contributed by atoms with Gasteiger partial charge in [-0.15, -0.1) is 17.5 Å². The molecule has 0 fully saturated rings. The molecule has 0 radical (unpaired) electrons. The van der Waals surface area contributed by atoms with E-state index in [4.69, 9.17) is 9.15 Å². The molecule has 1 N–H and O–H groups in total. The van der Waals surface area contributed by atoms with Crippen LogP contribution in [0.1, 0.15) is 5.76 Å². The van der Waals surface area contributed by atoms with Gasteiger partial charge in [0.15, 0.2) is 0 Å². The molecule has 0 amide bonds. The van der Waals surface area contributed by atoms with Crippen molar-refractivity contribution in [2.75, 3.05) is 12.4 Å². The van der Waals surface area contributed by atoms with Crippen molar-refractivity contribution in [2.45, 2.75) is 6.54 Å². The Kier molecular flexibility index (Phi) is 4.25. The van der Waals surface area contributed by atoms with Crippen LogP contribution in [0.5, 0.6) is 5.88 Å². The largest absolute Gasteiger partial charge is 0.478 e. The van der Waals surface area contributed by atoms with Crippen LogP contribution in [-0.2, 0) is 13.6 Å². The maximum atomic E-state index is 5.21. The van der Waals surface area contributed by atoms with Gasteiger partial charge in [0.05, 0.1) is 26.1 Å². The van der Waals surface area contributed by atoms with E-state index in [1.165, 1.54) is 0 Å². The zero-order chi connectivity index (χ0) is 10.7. The number of aromatic nitrogens is 2. The van der Waals surface area contributed by atoms with Crippen molar-refractivity contribution in [2.24, 2.45) is 7.05 Å². The van der Waals surface area contributed by atoms with Crippen molar-refractivity contribution in [3.05, 3.63) is 30.4 Å². The smallest absolute Gasteiger partial charge is 0.256 e. The quantitative estimate of drug-likeness (QED) is 0.893. The van der Waals surface area contributed by atoms with Crippen LogP contribution in [0.15, 0.2) is 29.0 Å². The van der Waals surface area contributed by atoms with E-state index in [2.05, 4.69) is 10.4 Å². The van der Waals surface area contributed by atoms with E-state index in [1.54, 1.807) is 18.1 Å². The highest BCUT2D eigenvalue weighted by atomic mass is 35.5. The third kappa shape index (κ3) is 2.70. The summed E-state index contributed by atoms with van der Waals surface area (Å²) in [6.07, 6.45) is 3.51. The van der Waals surface area contributed by atoms with Crippen LogP contribution < -0.4 is 10.1 Å². The molecule has 0 aromatic carbocycles.